The average molecular weight is 303 g/mol. The summed E-state index contributed by atoms with van der Waals surface area (Å²) in [6, 6.07) is 14.2. The van der Waals surface area contributed by atoms with Crippen molar-refractivity contribution in [2.24, 2.45) is 0 Å². The van der Waals surface area contributed by atoms with Crippen LogP contribution >= 0.6 is 0 Å². The third-order valence-electron chi connectivity index (χ3n) is 4.17. The van der Waals surface area contributed by atoms with Gasteiger partial charge in [-0.1, -0.05) is 30.3 Å². The van der Waals surface area contributed by atoms with Crippen LogP contribution in [0.5, 0.6) is 5.75 Å². The van der Waals surface area contributed by atoms with Gasteiger partial charge < -0.3 is 10.1 Å². The minimum atomic E-state index is -0.232. The van der Waals surface area contributed by atoms with E-state index in [1.54, 1.807) is 30.3 Å². The highest BCUT2D eigenvalue weighted by Crippen LogP contribution is 2.33. The maximum atomic E-state index is 12.4. The number of allylic oxidation sites excluding steroid dienone is 1. The van der Waals surface area contributed by atoms with E-state index < -0.39 is 0 Å². The van der Waals surface area contributed by atoms with Gasteiger partial charge in [0, 0.05) is 34.2 Å². The molecule has 4 heteroatoms. The van der Waals surface area contributed by atoms with E-state index in [0.29, 0.717) is 28.7 Å². The van der Waals surface area contributed by atoms with E-state index in [1.165, 1.54) is 0 Å². The third kappa shape index (κ3) is 2.16. The zero-order valence-corrected chi connectivity index (χ0v) is 12.2. The molecule has 1 heterocycles. The Balaban J connectivity index is 1.83. The first-order chi connectivity index (χ1) is 11.1. The molecule has 0 fully saturated rings. The van der Waals surface area contributed by atoms with E-state index in [-0.39, 0.29) is 17.1 Å². The zero-order chi connectivity index (χ0) is 16.0. The second-order valence-corrected chi connectivity index (χ2v) is 5.62. The summed E-state index contributed by atoms with van der Waals surface area (Å²) in [6.07, 6.45) is 1.96. The number of benzene rings is 2. The maximum absolute atomic E-state index is 12.4. The monoisotopic (exact) mass is 303 g/mol. The van der Waals surface area contributed by atoms with Gasteiger partial charge in [0.1, 0.15) is 5.75 Å². The molecule has 3 aromatic rings. The van der Waals surface area contributed by atoms with Crippen LogP contribution in [0, 0.1) is 0 Å². The number of rotatable bonds is 1. The number of hydrogen-bond acceptors (Lipinski definition) is 3. The molecule has 0 radical (unpaired) electrons. The lowest BCUT2D eigenvalue weighted by molar-refractivity contribution is 0.104. The summed E-state index contributed by atoms with van der Waals surface area (Å²) < 4.78 is 0. The Morgan fingerprint density at radius 2 is 1.87 bits per heavy atom. The van der Waals surface area contributed by atoms with Crippen LogP contribution in [0.4, 0.5) is 0 Å². The third-order valence-corrected chi connectivity index (χ3v) is 4.17. The summed E-state index contributed by atoms with van der Waals surface area (Å²) >= 11 is 0. The summed E-state index contributed by atoms with van der Waals surface area (Å²) in [4.78, 5) is 27.5. The molecule has 4 rings (SSSR count). The number of phenols is 1. The predicted octanol–water partition coefficient (Wildman–Crippen LogP) is 3.06. The van der Waals surface area contributed by atoms with E-state index in [0.717, 1.165) is 10.9 Å². The second kappa shape index (κ2) is 4.95. The molecule has 2 aromatic carbocycles. The fourth-order valence-electron chi connectivity index (χ4n) is 2.99. The fraction of sp³-hybridized carbons (Fsp3) is 0.0526. The number of H-pyrrole nitrogens is 1. The molecule has 112 valence electrons. The Kier molecular flexibility index (Phi) is 2.91. The zero-order valence-electron chi connectivity index (χ0n) is 12.2. The van der Waals surface area contributed by atoms with Gasteiger partial charge in [-0.2, -0.15) is 0 Å². The van der Waals surface area contributed by atoms with Gasteiger partial charge in [-0.05, 0) is 29.7 Å². The molecule has 2 N–H and O–H groups in total. The normalized spacial score (nSPS) is 15.3. The average Bonchev–Trinajstić information content (AvgIpc) is 2.86. The highest BCUT2D eigenvalue weighted by atomic mass is 16.3. The van der Waals surface area contributed by atoms with Gasteiger partial charge in [0.05, 0.1) is 0 Å². The number of aromatic nitrogens is 1. The molecular weight excluding hydrogens is 290 g/mol. The Morgan fingerprint density at radius 3 is 2.70 bits per heavy atom. The van der Waals surface area contributed by atoms with Gasteiger partial charge in [0.25, 0.3) is 5.56 Å². The number of Topliss-reactive ketones (excluding diaryl/α,β-unsaturated/α-hetero) is 1. The van der Waals surface area contributed by atoms with Gasteiger partial charge >= 0.3 is 0 Å². The Hall–Kier alpha value is -3.14. The van der Waals surface area contributed by atoms with Gasteiger partial charge in [-0.3, -0.25) is 9.59 Å². The van der Waals surface area contributed by atoms with Crippen molar-refractivity contribution < 1.29 is 9.90 Å². The summed E-state index contributed by atoms with van der Waals surface area (Å²) in [5, 5.41) is 10.8. The van der Waals surface area contributed by atoms with Gasteiger partial charge in [0.15, 0.2) is 5.78 Å². The smallest absolute Gasteiger partial charge is 0.255 e. The first kappa shape index (κ1) is 13.5. The second-order valence-electron chi connectivity index (χ2n) is 5.62. The number of hydrogen-bond donors (Lipinski definition) is 2. The molecule has 0 unspecified atom stereocenters. The van der Waals surface area contributed by atoms with Crippen LogP contribution in [0.25, 0.3) is 17.0 Å². The molecule has 0 atom stereocenters. The Morgan fingerprint density at radius 1 is 1.04 bits per heavy atom. The highest BCUT2D eigenvalue weighted by molar-refractivity contribution is 6.16. The number of aromatic hydroxyl groups is 1. The number of carbonyl (C=O) groups excluding carboxylic acids is 1. The maximum Gasteiger partial charge on any atom is 0.255 e. The highest BCUT2D eigenvalue weighted by Gasteiger charge is 2.27. The summed E-state index contributed by atoms with van der Waals surface area (Å²) in [7, 11) is 0. The molecule has 0 saturated carbocycles. The first-order valence-electron chi connectivity index (χ1n) is 7.32. The fourth-order valence-corrected chi connectivity index (χ4v) is 2.99. The molecular formula is C19H13NO3. The van der Waals surface area contributed by atoms with Crippen molar-refractivity contribution in [1.29, 1.82) is 0 Å². The van der Waals surface area contributed by atoms with E-state index in [2.05, 4.69) is 4.98 Å². The van der Waals surface area contributed by atoms with Crippen molar-refractivity contribution in [2.45, 2.75) is 6.42 Å². The van der Waals surface area contributed by atoms with Crippen LogP contribution in [-0.2, 0) is 6.42 Å². The van der Waals surface area contributed by atoms with Crippen molar-refractivity contribution in [3.63, 3.8) is 0 Å². The number of nitrogens with one attached hydrogen (secondary N) is 1. The van der Waals surface area contributed by atoms with Gasteiger partial charge in [0.2, 0.25) is 0 Å². The van der Waals surface area contributed by atoms with E-state index in [1.807, 2.05) is 24.3 Å². The van der Waals surface area contributed by atoms with Gasteiger partial charge in [-0.15, -0.1) is 0 Å². The lowest BCUT2D eigenvalue weighted by atomic mass is 10.1. The molecule has 0 bridgehead atoms. The number of ketones is 1. The number of aromatic amines is 1. The van der Waals surface area contributed by atoms with Crippen LogP contribution in [0.1, 0.15) is 21.5 Å². The number of fused-ring (bicyclic) bond motifs is 2. The van der Waals surface area contributed by atoms with Crippen LogP contribution in [0.3, 0.4) is 0 Å². The predicted molar refractivity (Wildman–Crippen MR) is 88.7 cm³/mol. The van der Waals surface area contributed by atoms with Gasteiger partial charge in [-0.25, -0.2) is 0 Å². The van der Waals surface area contributed by atoms with E-state index in [9.17, 15) is 14.7 Å². The summed E-state index contributed by atoms with van der Waals surface area (Å²) in [5.41, 5.74) is 2.62. The minimum absolute atomic E-state index is 0.117. The van der Waals surface area contributed by atoms with Crippen molar-refractivity contribution in [1.82, 2.24) is 4.98 Å². The number of pyridine rings is 1. The topological polar surface area (TPSA) is 70.2 Å². The SMILES string of the molecule is O=C1C(=Cc2cc3ccccc3[nH]c2=O)Cc2c(O)cccc21. The quantitative estimate of drug-likeness (QED) is 0.679. The number of carbonyl (C=O) groups is 1. The molecule has 1 aliphatic rings. The number of phenolic OH excluding ortho intramolecular Hbond substituents is 1. The van der Waals surface area contributed by atoms with E-state index >= 15 is 0 Å². The molecule has 0 spiro atoms. The van der Waals surface area contributed by atoms with Crippen molar-refractivity contribution >= 4 is 22.8 Å². The lowest BCUT2D eigenvalue weighted by Crippen LogP contribution is -2.09. The van der Waals surface area contributed by atoms with Crippen molar-refractivity contribution in [2.75, 3.05) is 0 Å². The molecule has 0 aliphatic heterocycles. The van der Waals surface area contributed by atoms with Crippen LogP contribution in [0.15, 0.2) is 58.9 Å². The largest absolute Gasteiger partial charge is 0.508 e. The van der Waals surface area contributed by atoms with Crippen molar-refractivity contribution in [3.05, 3.63) is 81.1 Å². The number of para-hydroxylation sites is 1. The molecule has 0 saturated heterocycles. The minimum Gasteiger partial charge on any atom is -0.508 e. The molecule has 23 heavy (non-hydrogen) atoms. The van der Waals surface area contributed by atoms with Crippen LogP contribution < -0.4 is 5.56 Å². The Labute approximate surface area is 131 Å². The van der Waals surface area contributed by atoms with Crippen LogP contribution in [-0.4, -0.2) is 15.9 Å². The summed E-state index contributed by atoms with van der Waals surface area (Å²) in [5.74, 6) is -0.0184. The van der Waals surface area contributed by atoms with Crippen LogP contribution in [0.2, 0.25) is 0 Å². The standard InChI is InChI=1S/C19H13NO3/c21-17-7-3-5-14-15(17)10-12(18(14)22)9-13-8-11-4-1-2-6-16(11)20-19(13)23/h1-9,21H,10H2,(H,20,23). The lowest BCUT2D eigenvalue weighted by Gasteiger charge is -2.00. The first-order valence-corrected chi connectivity index (χ1v) is 7.32. The Bertz CT molecular complexity index is 1040. The molecule has 4 nitrogen and oxygen atoms in total. The molecule has 0 amide bonds. The molecule has 1 aromatic heterocycles. The summed E-state index contributed by atoms with van der Waals surface area (Å²) in [6.45, 7) is 0. The molecule has 1 aliphatic carbocycles. The van der Waals surface area contributed by atoms with E-state index in [4.69, 9.17) is 0 Å². The van der Waals surface area contributed by atoms with Crippen molar-refractivity contribution in [3.8, 4) is 5.75 Å².